The number of carbonyl (C=O) groups is 1. The third-order valence-corrected chi connectivity index (χ3v) is 6.34. The predicted octanol–water partition coefficient (Wildman–Crippen LogP) is 7.26. The van der Waals surface area contributed by atoms with Crippen LogP contribution in [0.4, 0.5) is 0 Å². The van der Waals surface area contributed by atoms with Crippen LogP contribution in [0.1, 0.15) is 16.1 Å². The van der Waals surface area contributed by atoms with Crippen LogP contribution in [-0.2, 0) is 4.79 Å². The monoisotopic (exact) mass is 542 g/mol. The predicted molar refractivity (Wildman–Crippen MR) is 143 cm³/mol. The molecule has 0 saturated heterocycles. The van der Waals surface area contributed by atoms with E-state index in [-0.39, 0.29) is 0 Å². The number of esters is 1. The minimum Gasteiger partial charge on any atom is -0.497 e. The molecule has 0 amide bonds. The smallest absolute Gasteiger partial charge is 0.336 e. The van der Waals surface area contributed by atoms with Crippen LogP contribution >= 0.6 is 27.3 Å². The lowest BCUT2D eigenvalue weighted by Crippen LogP contribution is -2.03. The number of allylic oxidation sites excluding steroid dienone is 1. The Morgan fingerprint density at radius 2 is 1.63 bits per heavy atom. The molecule has 4 aromatic rings. The van der Waals surface area contributed by atoms with Crippen LogP contribution in [0.3, 0.4) is 0 Å². The van der Waals surface area contributed by atoms with Gasteiger partial charge in [0.05, 0.1) is 18.4 Å². The van der Waals surface area contributed by atoms with Gasteiger partial charge >= 0.3 is 5.97 Å². The molecule has 3 aromatic carbocycles. The molecule has 0 radical (unpaired) electrons. The Labute approximate surface area is 215 Å². The molecule has 0 aliphatic rings. The summed E-state index contributed by atoms with van der Waals surface area (Å²) in [5.74, 6) is 0.681. The van der Waals surface area contributed by atoms with E-state index in [2.05, 4.69) is 27.0 Å². The Kier molecular flexibility index (Phi) is 7.88. The van der Waals surface area contributed by atoms with Crippen molar-refractivity contribution in [3.63, 3.8) is 0 Å². The fraction of sp³-hybridized carbons (Fsp3) is 0.0357. The van der Waals surface area contributed by atoms with E-state index in [4.69, 9.17) is 9.47 Å². The maximum atomic E-state index is 12.1. The Morgan fingerprint density at radius 3 is 2.29 bits per heavy atom. The molecule has 0 spiro atoms. The average Bonchev–Trinajstić information content (AvgIpc) is 3.38. The molecular weight excluding hydrogens is 524 g/mol. The molecule has 0 unspecified atom stereocenters. The fourth-order valence-electron chi connectivity index (χ4n) is 3.12. The average molecular weight is 543 g/mol. The fourth-order valence-corrected chi connectivity index (χ4v) is 4.18. The van der Waals surface area contributed by atoms with Crippen LogP contribution in [-0.4, -0.2) is 18.1 Å². The number of hydrogen-bond donors (Lipinski definition) is 0. The summed E-state index contributed by atoms with van der Waals surface area (Å²) in [6, 6.07) is 24.4. The summed E-state index contributed by atoms with van der Waals surface area (Å²) in [5, 5.41) is 12.3. The molecule has 5 nitrogen and oxygen atoms in total. The van der Waals surface area contributed by atoms with Gasteiger partial charge in [0, 0.05) is 21.5 Å². The first-order valence-corrected chi connectivity index (χ1v) is 12.2. The van der Waals surface area contributed by atoms with Gasteiger partial charge in [0.2, 0.25) is 0 Å². The van der Waals surface area contributed by atoms with E-state index in [1.807, 2.05) is 53.9 Å². The van der Waals surface area contributed by atoms with Crippen LogP contribution in [0.2, 0.25) is 0 Å². The lowest BCUT2D eigenvalue weighted by atomic mass is 10.1. The van der Waals surface area contributed by atoms with Gasteiger partial charge in [-0.3, -0.25) is 0 Å². The van der Waals surface area contributed by atoms with Crippen molar-refractivity contribution >= 4 is 51.0 Å². The Morgan fingerprint density at radius 1 is 0.971 bits per heavy atom. The largest absolute Gasteiger partial charge is 0.497 e. The second-order valence-corrected chi connectivity index (χ2v) is 9.09. The molecular formula is C28H19BrN2O3S. The Bertz CT molecular complexity index is 1420. The molecule has 7 heteroatoms. The van der Waals surface area contributed by atoms with E-state index in [1.54, 1.807) is 43.5 Å². The molecule has 0 saturated carbocycles. The van der Waals surface area contributed by atoms with Crippen LogP contribution in [0, 0.1) is 11.3 Å². The summed E-state index contributed by atoms with van der Waals surface area (Å²) < 4.78 is 11.5. The second-order valence-electron chi connectivity index (χ2n) is 7.31. The number of carbonyl (C=O) groups excluding carboxylic acids is 1. The molecule has 0 fully saturated rings. The van der Waals surface area contributed by atoms with Gasteiger partial charge in [0.15, 0.2) is 0 Å². The van der Waals surface area contributed by atoms with E-state index in [0.29, 0.717) is 16.3 Å². The van der Waals surface area contributed by atoms with Crippen molar-refractivity contribution in [2.24, 2.45) is 0 Å². The summed E-state index contributed by atoms with van der Waals surface area (Å²) in [5.41, 5.74) is 3.93. The number of rotatable bonds is 7. The number of aromatic nitrogens is 1. The van der Waals surface area contributed by atoms with Gasteiger partial charge in [-0.25, -0.2) is 9.78 Å². The number of benzene rings is 3. The van der Waals surface area contributed by atoms with E-state index in [0.717, 1.165) is 32.6 Å². The molecule has 1 aromatic heterocycles. The van der Waals surface area contributed by atoms with Crippen LogP contribution in [0.25, 0.3) is 29.0 Å². The number of hydrogen-bond acceptors (Lipinski definition) is 6. The zero-order chi connectivity index (χ0) is 24.6. The van der Waals surface area contributed by atoms with Crippen molar-refractivity contribution in [1.82, 2.24) is 4.98 Å². The van der Waals surface area contributed by atoms with Gasteiger partial charge in [0.25, 0.3) is 0 Å². The van der Waals surface area contributed by atoms with Crippen molar-refractivity contribution in [3.05, 3.63) is 105 Å². The molecule has 0 aliphatic heterocycles. The summed E-state index contributed by atoms with van der Waals surface area (Å²) in [4.78, 5) is 16.8. The van der Waals surface area contributed by atoms with Crippen LogP contribution in [0.5, 0.6) is 11.5 Å². The first kappa shape index (κ1) is 24.1. The molecule has 1 heterocycles. The zero-order valence-corrected chi connectivity index (χ0v) is 21.0. The molecule has 0 atom stereocenters. The first-order valence-electron chi connectivity index (χ1n) is 10.5. The molecule has 172 valence electrons. The molecule has 35 heavy (non-hydrogen) atoms. The van der Waals surface area contributed by atoms with Gasteiger partial charge in [-0.15, -0.1) is 11.3 Å². The highest BCUT2D eigenvalue weighted by atomic mass is 79.9. The normalized spacial score (nSPS) is 11.3. The number of thiazole rings is 1. The van der Waals surface area contributed by atoms with Gasteiger partial charge in [-0.1, -0.05) is 52.3 Å². The maximum absolute atomic E-state index is 12.1. The summed E-state index contributed by atoms with van der Waals surface area (Å²) in [6.07, 6.45) is 4.81. The van der Waals surface area contributed by atoms with Crippen molar-refractivity contribution in [2.45, 2.75) is 0 Å². The summed E-state index contributed by atoms with van der Waals surface area (Å²) in [7, 11) is 1.60. The highest BCUT2D eigenvalue weighted by Crippen LogP contribution is 2.28. The third-order valence-electron chi connectivity index (χ3n) is 4.93. The topological polar surface area (TPSA) is 72.2 Å². The molecule has 0 aliphatic carbocycles. The number of halogens is 1. The standard InChI is InChI=1S/C28H19BrN2O3S/c1-33-24-11-2-19(3-12-24)6-15-27(32)34-25-13-4-20(5-14-25)16-22(17-30)28-31-26(18-35-28)21-7-9-23(29)10-8-21/h2-16,18H,1H3/b15-6+,22-16+. The van der Waals surface area contributed by atoms with Gasteiger partial charge in [0.1, 0.15) is 22.6 Å². The summed E-state index contributed by atoms with van der Waals surface area (Å²) >= 11 is 4.85. The molecule has 0 bridgehead atoms. The lowest BCUT2D eigenvalue weighted by molar-refractivity contribution is -0.128. The molecule has 4 rings (SSSR count). The van der Waals surface area contributed by atoms with Crippen molar-refractivity contribution in [1.29, 1.82) is 5.26 Å². The first-order chi connectivity index (χ1) is 17.0. The van der Waals surface area contributed by atoms with E-state index < -0.39 is 5.97 Å². The quantitative estimate of drug-likeness (QED) is 0.106. The van der Waals surface area contributed by atoms with Gasteiger partial charge in [-0.05, 0) is 59.7 Å². The third kappa shape index (κ3) is 6.54. The zero-order valence-electron chi connectivity index (χ0n) is 18.6. The van der Waals surface area contributed by atoms with E-state index in [1.165, 1.54) is 17.4 Å². The van der Waals surface area contributed by atoms with Crippen molar-refractivity contribution < 1.29 is 14.3 Å². The minimum absolute atomic E-state index is 0.414. The number of methoxy groups -OCH3 is 1. The highest BCUT2D eigenvalue weighted by molar-refractivity contribution is 9.10. The van der Waals surface area contributed by atoms with Crippen LogP contribution < -0.4 is 9.47 Å². The Hall–Kier alpha value is -3.99. The Balaban J connectivity index is 1.41. The lowest BCUT2D eigenvalue weighted by Gasteiger charge is -2.02. The van der Waals surface area contributed by atoms with Crippen molar-refractivity contribution in [3.8, 4) is 28.8 Å². The van der Waals surface area contributed by atoms with Gasteiger partial charge < -0.3 is 9.47 Å². The number of ether oxygens (including phenoxy) is 2. The number of nitrogens with zero attached hydrogens (tertiary/aromatic N) is 2. The molecule has 0 N–H and O–H groups in total. The minimum atomic E-state index is -0.481. The van der Waals surface area contributed by atoms with E-state index in [9.17, 15) is 10.1 Å². The number of nitriles is 1. The SMILES string of the molecule is COc1ccc(/C=C/C(=O)Oc2ccc(/C=C(\C#N)c3nc(-c4ccc(Br)cc4)cs3)cc2)cc1. The maximum Gasteiger partial charge on any atom is 0.336 e. The highest BCUT2D eigenvalue weighted by Gasteiger charge is 2.09. The second kappa shape index (κ2) is 11.4. The summed E-state index contributed by atoms with van der Waals surface area (Å²) in [6.45, 7) is 0. The van der Waals surface area contributed by atoms with Crippen molar-refractivity contribution in [2.75, 3.05) is 7.11 Å². The van der Waals surface area contributed by atoms with Gasteiger partial charge in [-0.2, -0.15) is 5.26 Å². The van der Waals surface area contributed by atoms with E-state index >= 15 is 0 Å². The van der Waals surface area contributed by atoms with Crippen LogP contribution in [0.15, 0.2) is 88.7 Å².